The first-order valence-corrected chi connectivity index (χ1v) is 7.87. The Hall–Kier alpha value is -2.24. The Morgan fingerprint density at radius 3 is 2.74 bits per heavy atom. The van der Waals surface area contributed by atoms with Crippen molar-refractivity contribution in [1.82, 2.24) is 19.7 Å². The van der Waals surface area contributed by atoms with Crippen LogP contribution in [0.15, 0.2) is 18.2 Å². The molecule has 0 N–H and O–H groups in total. The summed E-state index contributed by atoms with van der Waals surface area (Å²) in [6.07, 6.45) is 0. The maximum absolute atomic E-state index is 14.1. The number of amides is 1. The molecule has 3 rings (SSSR count). The normalized spacial score (nSPS) is 17.5. The fourth-order valence-electron chi connectivity index (χ4n) is 3.07. The second-order valence-corrected chi connectivity index (χ2v) is 6.52. The zero-order valence-corrected chi connectivity index (χ0v) is 13.9. The highest BCUT2D eigenvalue weighted by Crippen LogP contribution is 2.26. The molecule has 0 radical (unpaired) electrons. The van der Waals surface area contributed by atoms with Crippen molar-refractivity contribution in [3.8, 4) is 0 Å². The SMILES string of the molecule is Cc1ccc(C(=O)N2Cc3nnc(C(C)C)n3[C@@H](C)C2)c(F)c1. The summed E-state index contributed by atoms with van der Waals surface area (Å²) in [7, 11) is 0. The van der Waals surface area contributed by atoms with E-state index in [2.05, 4.69) is 28.6 Å². The van der Waals surface area contributed by atoms with Gasteiger partial charge in [0.15, 0.2) is 5.82 Å². The predicted molar refractivity (Wildman–Crippen MR) is 84.7 cm³/mol. The number of benzene rings is 1. The highest BCUT2D eigenvalue weighted by Gasteiger charge is 2.31. The molecule has 0 spiro atoms. The lowest BCUT2D eigenvalue weighted by atomic mass is 10.1. The van der Waals surface area contributed by atoms with Crippen LogP contribution in [0.2, 0.25) is 0 Å². The first kappa shape index (κ1) is 15.6. The van der Waals surface area contributed by atoms with Crippen molar-refractivity contribution in [2.24, 2.45) is 0 Å². The van der Waals surface area contributed by atoms with E-state index in [0.717, 1.165) is 17.2 Å². The summed E-state index contributed by atoms with van der Waals surface area (Å²) in [5.41, 5.74) is 0.909. The molecule has 6 heteroatoms. The summed E-state index contributed by atoms with van der Waals surface area (Å²) >= 11 is 0. The number of hydrogen-bond acceptors (Lipinski definition) is 3. The van der Waals surface area contributed by atoms with Crippen molar-refractivity contribution >= 4 is 5.91 Å². The van der Waals surface area contributed by atoms with Gasteiger partial charge in [0.25, 0.3) is 5.91 Å². The van der Waals surface area contributed by atoms with Gasteiger partial charge >= 0.3 is 0 Å². The Bertz CT molecular complexity index is 753. The number of hydrogen-bond donors (Lipinski definition) is 0. The summed E-state index contributed by atoms with van der Waals surface area (Å²) < 4.78 is 16.2. The van der Waals surface area contributed by atoms with Gasteiger partial charge in [-0.15, -0.1) is 10.2 Å². The maximum Gasteiger partial charge on any atom is 0.257 e. The number of carbonyl (C=O) groups excluding carboxylic acids is 1. The monoisotopic (exact) mass is 316 g/mol. The molecular formula is C17H21FN4O. The maximum atomic E-state index is 14.1. The van der Waals surface area contributed by atoms with Crippen LogP contribution in [-0.4, -0.2) is 32.1 Å². The zero-order chi connectivity index (χ0) is 16.7. The first-order chi connectivity index (χ1) is 10.9. The van der Waals surface area contributed by atoms with E-state index in [4.69, 9.17) is 0 Å². The van der Waals surface area contributed by atoms with Crippen molar-refractivity contribution < 1.29 is 9.18 Å². The molecule has 1 aromatic heterocycles. The Morgan fingerprint density at radius 2 is 2.09 bits per heavy atom. The van der Waals surface area contributed by atoms with Gasteiger partial charge in [0.1, 0.15) is 11.6 Å². The molecular weight excluding hydrogens is 295 g/mol. The van der Waals surface area contributed by atoms with E-state index in [0.29, 0.717) is 13.1 Å². The number of rotatable bonds is 2. The molecule has 0 unspecified atom stereocenters. The van der Waals surface area contributed by atoms with Gasteiger partial charge in [0.2, 0.25) is 0 Å². The van der Waals surface area contributed by atoms with E-state index in [-0.39, 0.29) is 23.4 Å². The van der Waals surface area contributed by atoms with Gasteiger partial charge in [0.05, 0.1) is 18.2 Å². The van der Waals surface area contributed by atoms with Gasteiger partial charge in [-0.25, -0.2) is 4.39 Å². The van der Waals surface area contributed by atoms with E-state index in [9.17, 15) is 9.18 Å². The summed E-state index contributed by atoms with van der Waals surface area (Å²) in [6.45, 7) is 8.86. The van der Waals surface area contributed by atoms with Gasteiger partial charge < -0.3 is 9.47 Å². The topological polar surface area (TPSA) is 51.0 Å². The molecule has 0 saturated carbocycles. The van der Waals surface area contributed by atoms with Crippen LogP contribution in [0, 0.1) is 12.7 Å². The molecule has 1 aliphatic rings. The molecule has 2 aromatic rings. The van der Waals surface area contributed by atoms with E-state index in [1.54, 1.807) is 24.0 Å². The third-order valence-electron chi connectivity index (χ3n) is 4.21. The molecule has 0 bridgehead atoms. The molecule has 0 fully saturated rings. The van der Waals surface area contributed by atoms with Crippen molar-refractivity contribution in [1.29, 1.82) is 0 Å². The fraction of sp³-hybridized carbons (Fsp3) is 0.471. The van der Waals surface area contributed by atoms with Crippen LogP contribution in [-0.2, 0) is 6.54 Å². The van der Waals surface area contributed by atoms with Crippen LogP contribution < -0.4 is 0 Å². The minimum atomic E-state index is -0.474. The van der Waals surface area contributed by atoms with Gasteiger partial charge in [-0.1, -0.05) is 19.9 Å². The summed E-state index contributed by atoms with van der Waals surface area (Å²) in [5, 5.41) is 8.46. The van der Waals surface area contributed by atoms with E-state index >= 15 is 0 Å². The van der Waals surface area contributed by atoms with Crippen LogP contribution in [0.1, 0.15) is 60.3 Å². The van der Waals surface area contributed by atoms with Crippen molar-refractivity contribution in [3.63, 3.8) is 0 Å². The molecule has 23 heavy (non-hydrogen) atoms. The van der Waals surface area contributed by atoms with Gasteiger partial charge in [-0.05, 0) is 31.5 Å². The Balaban J connectivity index is 1.89. The van der Waals surface area contributed by atoms with Crippen LogP contribution in [0.5, 0.6) is 0 Å². The Morgan fingerprint density at radius 1 is 1.35 bits per heavy atom. The van der Waals surface area contributed by atoms with Crippen LogP contribution in [0.25, 0.3) is 0 Å². The minimum absolute atomic E-state index is 0.0728. The number of fused-ring (bicyclic) bond motifs is 1. The fourth-order valence-corrected chi connectivity index (χ4v) is 3.07. The molecule has 2 heterocycles. The summed E-state index contributed by atoms with van der Waals surface area (Å²) in [5.74, 6) is 1.19. The molecule has 5 nitrogen and oxygen atoms in total. The summed E-state index contributed by atoms with van der Waals surface area (Å²) in [4.78, 5) is 14.3. The molecule has 1 atom stereocenters. The second kappa shape index (κ2) is 5.76. The molecule has 122 valence electrons. The van der Waals surface area contributed by atoms with Crippen LogP contribution >= 0.6 is 0 Å². The predicted octanol–water partition coefficient (Wildman–Crippen LogP) is 3.07. The average Bonchev–Trinajstić information content (AvgIpc) is 2.91. The highest BCUT2D eigenvalue weighted by atomic mass is 19.1. The molecule has 1 aliphatic heterocycles. The summed E-state index contributed by atoms with van der Waals surface area (Å²) in [6, 6.07) is 4.77. The van der Waals surface area contributed by atoms with Crippen LogP contribution in [0.4, 0.5) is 4.39 Å². The lowest BCUT2D eigenvalue weighted by molar-refractivity contribution is 0.0674. The largest absolute Gasteiger partial charge is 0.329 e. The van der Waals surface area contributed by atoms with Crippen molar-refractivity contribution in [2.75, 3.05) is 6.54 Å². The smallest absolute Gasteiger partial charge is 0.257 e. The second-order valence-electron chi connectivity index (χ2n) is 6.52. The van der Waals surface area contributed by atoms with Crippen molar-refractivity contribution in [2.45, 2.75) is 46.2 Å². The number of aryl methyl sites for hydroxylation is 1. The Kier molecular flexibility index (Phi) is 3.92. The van der Waals surface area contributed by atoms with Crippen molar-refractivity contribution in [3.05, 3.63) is 46.8 Å². The zero-order valence-electron chi connectivity index (χ0n) is 13.9. The molecule has 0 saturated heterocycles. The molecule has 0 aliphatic carbocycles. The first-order valence-electron chi connectivity index (χ1n) is 7.87. The Labute approximate surface area is 135 Å². The van der Waals surface area contributed by atoms with E-state index in [1.807, 2.05) is 6.92 Å². The average molecular weight is 316 g/mol. The lowest BCUT2D eigenvalue weighted by Gasteiger charge is -2.33. The molecule has 1 amide bonds. The van der Waals surface area contributed by atoms with Gasteiger partial charge in [-0.3, -0.25) is 4.79 Å². The van der Waals surface area contributed by atoms with Gasteiger partial charge in [-0.2, -0.15) is 0 Å². The third kappa shape index (κ3) is 2.73. The quantitative estimate of drug-likeness (QED) is 0.855. The highest BCUT2D eigenvalue weighted by molar-refractivity contribution is 5.94. The van der Waals surface area contributed by atoms with E-state index in [1.165, 1.54) is 6.07 Å². The van der Waals surface area contributed by atoms with Gasteiger partial charge in [0, 0.05) is 12.5 Å². The van der Waals surface area contributed by atoms with E-state index < -0.39 is 5.82 Å². The number of halogens is 1. The minimum Gasteiger partial charge on any atom is -0.329 e. The number of nitrogens with zero attached hydrogens (tertiary/aromatic N) is 4. The van der Waals surface area contributed by atoms with Crippen LogP contribution in [0.3, 0.4) is 0 Å². The number of carbonyl (C=O) groups is 1. The standard InChI is InChI=1S/C17H21FN4O/c1-10(2)16-20-19-15-9-21(8-12(4)22(15)16)17(23)13-6-5-11(3)7-14(13)18/h5-7,10,12H,8-9H2,1-4H3/t12-/m0/s1. The molecule has 1 aromatic carbocycles. The third-order valence-corrected chi connectivity index (χ3v) is 4.21. The number of aromatic nitrogens is 3. The lowest BCUT2D eigenvalue weighted by Crippen LogP contribution is -2.41.